The molecule has 0 aliphatic heterocycles. The Morgan fingerprint density at radius 1 is 1.25 bits per heavy atom. The molecule has 0 aliphatic carbocycles. The van der Waals surface area contributed by atoms with Gasteiger partial charge in [-0.3, -0.25) is 4.79 Å². The molecular formula is C15H26N4O. The summed E-state index contributed by atoms with van der Waals surface area (Å²) >= 11 is 0. The van der Waals surface area contributed by atoms with Crippen LogP contribution in [0.2, 0.25) is 0 Å². The number of likely N-dealkylation sites (N-methyl/N-ethyl adjacent to an activating group) is 1. The highest BCUT2D eigenvalue weighted by molar-refractivity contribution is 6.00. The van der Waals surface area contributed by atoms with Crippen LogP contribution in [-0.2, 0) is 0 Å². The summed E-state index contributed by atoms with van der Waals surface area (Å²) in [5.74, 6) is -0.0714. The lowest BCUT2D eigenvalue weighted by molar-refractivity contribution is 0.0956. The number of nitrogens with zero attached hydrogens (tertiary/aromatic N) is 1. The van der Waals surface area contributed by atoms with E-state index in [0.29, 0.717) is 17.8 Å². The van der Waals surface area contributed by atoms with Crippen molar-refractivity contribution in [2.45, 2.75) is 20.8 Å². The lowest BCUT2D eigenvalue weighted by Crippen LogP contribution is -2.29. The molecule has 0 saturated heterocycles. The summed E-state index contributed by atoms with van der Waals surface area (Å²) in [4.78, 5) is 14.3. The van der Waals surface area contributed by atoms with E-state index in [9.17, 15) is 4.79 Å². The Morgan fingerprint density at radius 2 is 1.95 bits per heavy atom. The number of nitrogens with two attached hydrogens (primary N) is 1. The number of nitrogens with one attached hydrogen (secondary N) is 2. The zero-order valence-electron chi connectivity index (χ0n) is 12.7. The highest BCUT2D eigenvalue weighted by Gasteiger charge is 2.10. The van der Waals surface area contributed by atoms with Crippen LogP contribution >= 0.6 is 0 Å². The SMILES string of the molecule is CCNC(=O)c1ccc(N)cc1NCCN(CC)CC. The molecule has 1 aromatic carbocycles. The number of carbonyl (C=O) groups excluding carboxylic acids is 1. The Hall–Kier alpha value is -1.75. The third-order valence-corrected chi connectivity index (χ3v) is 3.26. The lowest BCUT2D eigenvalue weighted by atomic mass is 10.1. The molecule has 0 aliphatic rings. The fourth-order valence-corrected chi connectivity index (χ4v) is 2.05. The van der Waals surface area contributed by atoms with Crippen LogP contribution in [0.1, 0.15) is 31.1 Å². The summed E-state index contributed by atoms with van der Waals surface area (Å²) in [6.45, 7) is 10.6. The van der Waals surface area contributed by atoms with Crippen molar-refractivity contribution in [2.24, 2.45) is 0 Å². The van der Waals surface area contributed by atoms with Gasteiger partial charge in [-0.2, -0.15) is 0 Å². The van der Waals surface area contributed by atoms with Gasteiger partial charge in [0.2, 0.25) is 0 Å². The molecule has 1 amide bonds. The highest BCUT2D eigenvalue weighted by atomic mass is 16.1. The number of rotatable bonds is 8. The minimum atomic E-state index is -0.0714. The van der Waals surface area contributed by atoms with Gasteiger partial charge < -0.3 is 21.3 Å². The van der Waals surface area contributed by atoms with Crippen LogP contribution in [0, 0.1) is 0 Å². The van der Waals surface area contributed by atoms with Gasteiger partial charge in [-0.1, -0.05) is 13.8 Å². The largest absolute Gasteiger partial charge is 0.399 e. The third-order valence-electron chi connectivity index (χ3n) is 3.26. The van der Waals surface area contributed by atoms with Crippen molar-refractivity contribution in [2.75, 3.05) is 43.8 Å². The first-order chi connectivity index (χ1) is 9.62. The molecule has 5 heteroatoms. The van der Waals surface area contributed by atoms with Crippen molar-refractivity contribution < 1.29 is 4.79 Å². The van der Waals surface area contributed by atoms with Crippen LogP contribution in [0.3, 0.4) is 0 Å². The van der Waals surface area contributed by atoms with Crippen molar-refractivity contribution in [3.8, 4) is 0 Å². The number of amides is 1. The van der Waals surface area contributed by atoms with Gasteiger partial charge in [-0.15, -0.1) is 0 Å². The Kier molecular flexibility index (Phi) is 6.87. The van der Waals surface area contributed by atoms with E-state index in [1.54, 1.807) is 12.1 Å². The van der Waals surface area contributed by atoms with Gasteiger partial charge in [0.25, 0.3) is 5.91 Å². The lowest BCUT2D eigenvalue weighted by Gasteiger charge is -2.19. The summed E-state index contributed by atoms with van der Waals surface area (Å²) < 4.78 is 0. The topological polar surface area (TPSA) is 70.4 Å². The number of hydrogen-bond donors (Lipinski definition) is 3. The zero-order chi connectivity index (χ0) is 15.0. The molecule has 0 aromatic heterocycles. The Morgan fingerprint density at radius 3 is 2.55 bits per heavy atom. The van der Waals surface area contributed by atoms with Crippen LogP contribution in [0.4, 0.5) is 11.4 Å². The Bertz CT molecular complexity index is 430. The highest BCUT2D eigenvalue weighted by Crippen LogP contribution is 2.19. The van der Waals surface area contributed by atoms with Crippen LogP contribution < -0.4 is 16.4 Å². The number of benzene rings is 1. The molecule has 4 N–H and O–H groups in total. The quantitative estimate of drug-likeness (QED) is 0.634. The predicted molar refractivity (Wildman–Crippen MR) is 85.1 cm³/mol. The first kappa shape index (κ1) is 16.3. The molecular weight excluding hydrogens is 252 g/mol. The molecule has 20 heavy (non-hydrogen) atoms. The molecule has 0 heterocycles. The maximum Gasteiger partial charge on any atom is 0.253 e. The van der Waals surface area contributed by atoms with E-state index in [-0.39, 0.29) is 5.91 Å². The first-order valence-corrected chi connectivity index (χ1v) is 7.26. The van der Waals surface area contributed by atoms with E-state index in [4.69, 9.17) is 5.73 Å². The molecule has 1 rings (SSSR count). The molecule has 0 spiro atoms. The van der Waals surface area contributed by atoms with Gasteiger partial charge in [-0.25, -0.2) is 0 Å². The minimum absolute atomic E-state index is 0.0714. The van der Waals surface area contributed by atoms with Gasteiger partial charge >= 0.3 is 0 Å². The van der Waals surface area contributed by atoms with Gasteiger partial charge in [0.1, 0.15) is 0 Å². The van der Waals surface area contributed by atoms with E-state index in [1.807, 2.05) is 13.0 Å². The summed E-state index contributed by atoms with van der Waals surface area (Å²) in [6.07, 6.45) is 0. The maximum absolute atomic E-state index is 12.0. The third kappa shape index (κ3) is 4.74. The first-order valence-electron chi connectivity index (χ1n) is 7.26. The van der Waals surface area contributed by atoms with E-state index < -0.39 is 0 Å². The van der Waals surface area contributed by atoms with Gasteiger partial charge in [-0.05, 0) is 38.2 Å². The monoisotopic (exact) mass is 278 g/mol. The second-order valence-corrected chi connectivity index (χ2v) is 4.62. The molecule has 0 radical (unpaired) electrons. The minimum Gasteiger partial charge on any atom is -0.399 e. The average Bonchev–Trinajstić information content (AvgIpc) is 2.44. The number of anilines is 2. The maximum atomic E-state index is 12.0. The van der Waals surface area contributed by atoms with Crippen molar-refractivity contribution >= 4 is 17.3 Å². The fraction of sp³-hybridized carbons (Fsp3) is 0.533. The van der Waals surface area contributed by atoms with E-state index >= 15 is 0 Å². The second-order valence-electron chi connectivity index (χ2n) is 4.62. The normalized spacial score (nSPS) is 10.6. The number of carbonyl (C=O) groups is 1. The standard InChI is InChI=1S/C15H26N4O/c1-4-17-15(20)13-8-7-12(16)11-14(13)18-9-10-19(5-2)6-3/h7-8,11,18H,4-6,9-10,16H2,1-3H3,(H,17,20). The van der Waals surface area contributed by atoms with Crippen LogP contribution in [-0.4, -0.2) is 43.5 Å². The summed E-state index contributed by atoms with van der Waals surface area (Å²) in [5, 5.41) is 6.12. The second kappa shape index (κ2) is 8.43. The van der Waals surface area contributed by atoms with E-state index in [2.05, 4.69) is 29.4 Å². The van der Waals surface area contributed by atoms with Crippen molar-refractivity contribution in [1.29, 1.82) is 0 Å². The van der Waals surface area contributed by atoms with Gasteiger partial charge in [0.15, 0.2) is 0 Å². The summed E-state index contributed by atoms with van der Waals surface area (Å²) in [6, 6.07) is 5.33. The Labute approximate surface area is 121 Å². The van der Waals surface area contributed by atoms with Crippen LogP contribution in [0.25, 0.3) is 0 Å². The molecule has 1 aromatic rings. The summed E-state index contributed by atoms with van der Waals surface area (Å²) in [5.41, 5.74) is 7.89. The molecule has 0 atom stereocenters. The molecule has 5 nitrogen and oxygen atoms in total. The summed E-state index contributed by atoms with van der Waals surface area (Å²) in [7, 11) is 0. The molecule has 0 unspecified atom stereocenters. The average molecular weight is 278 g/mol. The predicted octanol–water partition coefficient (Wildman–Crippen LogP) is 1.77. The van der Waals surface area contributed by atoms with Gasteiger partial charge in [0, 0.05) is 31.0 Å². The molecule has 0 bridgehead atoms. The molecule has 0 saturated carbocycles. The van der Waals surface area contributed by atoms with E-state index in [1.165, 1.54) is 0 Å². The van der Waals surface area contributed by atoms with Crippen molar-refractivity contribution in [3.05, 3.63) is 23.8 Å². The number of hydrogen-bond acceptors (Lipinski definition) is 4. The van der Waals surface area contributed by atoms with Crippen molar-refractivity contribution in [3.63, 3.8) is 0 Å². The zero-order valence-corrected chi connectivity index (χ0v) is 12.7. The number of nitrogen functional groups attached to an aromatic ring is 1. The van der Waals surface area contributed by atoms with E-state index in [0.717, 1.165) is 31.9 Å². The smallest absolute Gasteiger partial charge is 0.253 e. The fourth-order valence-electron chi connectivity index (χ4n) is 2.05. The van der Waals surface area contributed by atoms with Crippen molar-refractivity contribution in [1.82, 2.24) is 10.2 Å². The Balaban J connectivity index is 2.72. The molecule has 0 fully saturated rings. The van der Waals surface area contributed by atoms with Crippen LogP contribution in [0.5, 0.6) is 0 Å². The van der Waals surface area contributed by atoms with Crippen LogP contribution in [0.15, 0.2) is 18.2 Å². The molecule has 112 valence electrons. The van der Waals surface area contributed by atoms with Gasteiger partial charge in [0.05, 0.1) is 5.56 Å².